The number of hydrogen-bond donors (Lipinski definition) is 2. The highest BCUT2D eigenvalue weighted by Gasteiger charge is 2.26. The molecule has 2 N–H and O–H groups in total. The highest BCUT2D eigenvalue weighted by atomic mass is 127. The molecule has 0 bridgehead atoms. The number of hydrogen-bond acceptors (Lipinski definition) is 3. The van der Waals surface area contributed by atoms with Crippen molar-refractivity contribution in [2.45, 2.75) is 19.5 Å². The van der Waals surface area contributed by atoms with Crippen LogP contribution in [0.5, 0.6) is 0 Å². The minimum atomic E-state index is -4.22. The Morgan fingerprint density at radius 2 is 1.74 bits per heavy atom. The predicted molar refractivity (Wildman–Crippen MR) is 79.8 cm³/mol. The second-order valence-corrected chi connectivity index (χ2v) is 6.00. The SMILES string of the molecule is CCS(=O)(=O)CCNC(=NC)NCCC(F)(F)F.I. The van der Waals surface area contributed by atoms with Gasteiger partial charge >= 0.3 is 6.18 Å². The topological polar surface area (TPSA) is 70.6 Å². The average molecular weight is 417 g/mol. The number of halogens is 4. The van der Waals surface area contributed by atoms with Crippen LogP contribution in [0.2, 0.25) is 0 Å². The van der Waals surface area contributed by atoms with Crippen LogP contribution in [0, 0.1) is 0 Å². The van der Waals surface area contributed by atoms with Crippen molar-refractivity contribution in [3.05, 3.63) is 0 Å². The average Bonchev–Trinajstić information content (AvgIpc) is 2.25. The smallest absolute Gasteiger partial charge is 0.356 e. The maximum atomic E-state index is 11.9. The van der Waals surface area contributed by atoms with Crippen LogP contribution in [0.15, 0.2) is 4.99 Å². The Hall–Kier alpha value is -0.260. The van der Waals surface area contributed by atoms with Gasteiger partial charge in [0.2, 0.25) is 0 Å². The van der Waals surface area contributed by atoms with Gasteiger partial charge in [0.25, 0.3) is 0 Å². The van der Waals surface area contributed by atoms with Gasteiger partial charge in [0.1, 0.15) is 0 Å². The number of aliphatic imine (C=N–C) groups is 1. The Bertz CT molecular complexity index is 371. The molecule has 10 heteroatoms. The van der Waals surface area contributed by atoms with Crippen molar-refractivity contribution in [3.8, 4) is 0 Å². The summed E-state index contributed by atoms with van der Waals surface area (Å²) >= 11 is 0. The normalized spacial score (nSPS) is 12.8. The van der Waals surface area contributed by atoms with E-state index in [1.165, 1.54) is 14.0 Å². The van der Waals surface area contributed by atoms with E-state index in [1.54, 1.807) is 0 Å². The van der Waals surface area contributed by atoms with Crippen molar-refractivity contribution in [1.82, 2.24) is 10.6 Å². The predicted octanol–water partition coefficient (Wildman–Crippen LogP) is 1.16. The second-order valence-electron chi connectivity index (χ2n) is 3.53. The van der Waals surface area contributed by atoms with Gasteiger partial charge in [0.05, 0.1) is 12.2 Å². The minimum absolute atomic E-state index is 0. The first-order valence-corrected chi connectivity index (χ1v) is 7.24. The van der Waals surface area contributed by atoms with Crippen LogP contribution >= 0.6 is 24.0 Å². The maximum absolute atomic E-state index is 11.9. The Morgan fingerprint density at radius 3 is 2.16 bits per heavy atom. The molecule has 116 valence electrons. The molecule has 0 aromatic heterocycles. The second kappa shape index (κ2) is 9.61. The molecule has 0 unspecified atom stereocenters. The van der Waals surface area contributed by atoms with Gasteiger partial charge in [-0.05, 0) is 0 Å². The Kier molecular flexibility index (Phi) is 10.6. The van der Waals surface area contributed by atoms with E-state index in [0.717, 1.165) is 0 Å². The summed E-state index contributed by atoms with van der Waals surface area (Å²) < 4.78 is 58.0. The summed E-state index contributed by atoms with van der Waals surface area (Å²) in [5.41, 5.74) is 0. The zero-order valence-electron chi connectivity index (χ0n) is 10.7. The van der Waals surface area contributed by atoms with E-state index < -0.39 is 22.4 Å². The third-order valence-electron chi connectivity index (χ3n) is 2.07. The van der Waals surface area contributed by atoms with Crippen LogP contribution in [0.1, 0.15) is 13.3 Å². The quantitative estimate of drug-likeness (QED) is 0.387. The van der Waals surface area contributed by atoms with Crippen molar-refractivity contribution in [1.29, 1.82) is 0 Å². The molecule has 0 spiro atoms. The standard InChI is InChI=1S/C9H18F3N3O2S.HI/c1-3-18(16,17)7-6-15-8(13-2)14-5-4-9(10,11)12;/h3-7H2,1-2H3,(H2,13,14,15);1H. The van der Waals surface area contributed by atoms with Crippen LogP contribution in [-0.2, 0) is 9.84 Å². The summed E-state index contributed by atoms with van der Waals surface area (Å²) in [4.78, 5) is 3.69. The third kappa shape index (κ3) is 12.5. The molecule has 19 heavy (non-hydrogen) atoms. The van der Waals surface area contributed by atoms with Gasteiger partial charge in [-0.1, -0.05) is 6.92 Å². The molecular weight excluding hydrogens is 398 g/mol. The lowest BCUT2D eigenvalue weighted by Gasteiger charge is -2.12. The summed E-state index contributed by atoms with van der Waals surface area (Å²) in [7, 11) is -1.69. The molecule has 0 aliphatic carbocycles. The van der Waals surface area contributed by atoms with E-state index in [1.807, 2.05) is 0 Å². The van der Waals surface area contributed by atoms with Gasteiger partial charge in [-0.15, -0.1) is 24.0 Å². The fraction of sp³-hybridized carbons (Fsp3) is 0.889. The van der Waals surface area contributed by atoms with E-state index in [0.29, 0.717) is 0 Å². The number of nitrogens with zero attached hydrogens (tertiary/aromatic N) is 1. The first-order chi connectivity index (χ1) is 8.20. The van der Waals surface area contributed by atoms with E-state index in [2.05, 4.69) is 15.6 Å². The Balaban J connectivity index is 0. The van der Waals surface area contributed by atoms with Crippen molar-refractivity contribution >= 4 is 39.8 Å². The lowest BCUT2D eigenvalue weighted by atomic mass is 10.4. The van der Waals surface area contributed by atoms with Crippen molar-refractivity contribution in [3.63, 3.8) is 0 Å². The molecule has 0 saturated carbocycles. The highest BCUT2D eigenvalue weighted by Crippen LogP contribution is 2.17. The van der Waals surface area contributed by atoms with Gasteiger partial charge < -0.3 is 10.6 Å². The molecular formula is C9H19F3IN3O2S. The van der Waals surface area contributed by atoms with Crippen molar-refractivity contribution in [2.75, 3.05) is 31.6 Å². The lowest BCUT2D eigenvalue weighted by Crippen LogP contribution is -2.40. The zero-order valence-corrected chi connectivity index (χ0v) is 13.9. The van der Waals surface area contributed by atoms with Gasteiger partial charge in [-0.2, -0.15) is 13.2 Å². The van der Waals surface area contributed by atoms with Crippen molar-refractivity contribution < 1.29 is 21.6 Å². The summed E-state index contributed by atoms with van der Waals surface area (Å²) in [6, 6.07) is 0. The zero-order chi connectivity index (χ0) is 14.2. The first-order valence-electron chi connectivity index (χ1n) is 5.42. The molecule has 0 atom stereocenters. The van der Waals surface area contributed by atoms with Crippen molar-refractivity contribution in [2.24, 2.45) is 4.99 Å². The summed E-state index contributed by atoms with van der Waals surface area (Å²) in [6.07, 6.45) is -5.20. The van der Waals surface area contributed by atoms with Crippen LogP contribution in [-0.4, -0.2) is 52.2 Å². The Morgan fingerprint density at radius 1 is 1.21 bits per heavy atom. The van der Waals surface area contributed by atoms with Gasteiger partial charge in [0.15, 0.2) is 15.8 Å². The van der Waals surface area contributed by atoms with Crippen LogP contribution < -0.4 is 10.6 Å². The van der Waals surface area contributed by atoms with Gasteiger partial charge in [-0.25, -0.2) is 8.42 Å². The van der Waals surface area contributed by atoms with E-state index in [-0.39, 0.29) is 54.5 Å². The third-order valence-corrected chi connectivity index (χ3v) is 3.78. The number of guanidine groups is 1. The fourth-order valence-electron chi connectivity index (χ4n) is 1.01. The number of alkyl halides is 3. The number of rotatable bonds is 6. The fourth-order valence-corrected chi connectivity index (χ4v) is 1.71. The molecule has 0 amide bonds. The summed E-state index contributed by atoms with van der Waals surface area (Å²) in [5.74, 6) is 0.115. The molecule has 0 aliphatic heterocycles. The van der Waals surface area contributed by atoms with Gasteiger partial charge in [0, 0.05) is 25.9 Å². The first kappa shape index (κ1) is 21.0. The number of sulfone groups is 1. The largest absolute Gasteiger partial charge is 0.390 e. The van der Waals surface area contributed by atoms with Crippen LogP contribution in [0.3, 0.4) is 0 Å². The van der Waals surface area contributed by atoms with E-state index in [4.69, 9.17) is 0 Å². The molecule has 0 saturated heterocycles. The molecule has 0 rings (SSSR count). The van der Waals surface area contributed by atoms with Crippen LogP contribution in [0.4, 0.5) is 13.2 Å². The molecule has 0 aromatic rings. The highest BCUT2D eigenvalue weighted by molar-refractivity contribution is 14.0. The monoisotopic (exact) mass is 417 g/mol. The molecule has 0 fully saturated rings. The molecule has 0 aromatic carbocycles. The van der Waals surface area contributed by atoms with Gasteiger partial charge in [-0.3, -0.25) is 4.99 Å². The molecule has 0 aliphatic rings. The molecule has 5 nitrogen and oxygen atoms in total. The van der Waals surface area contributed by atoms with Crippen LogP contribution in [0.25, 0.3) is 0 Å². The Labute approximate surface area is 128 Å². The minimum Gasteiger partial charge on any atom is -0.356 e. The lowest BCUT2D eigenvalue weighted by molar-refractivity contribution is -0.132. The maximum Gasteiger partial charge on any atom is 0.390 e. The summed E-state index contributed by atoms with van der Waals surface area (Å²) in [5, 5.41) is 5.09. The van der Waals surface area contributed by atoms with E-state index >= 15 is 0 Å². The number of nitrogens with one attached hydrogen (secondary N) is 2. The summed E-state index contributed by atoms with van der Waals surface area (Å²) in [6.45, 7) is 1.34. The molecule has 0 heterocycles. The molecule has 0 radical (unpaired) electrons. The van der Waals surface area contributed by atoms with E-state index in [9.17, 15) is 21.6 Å².